The minimum absolute atomic E-state index is 0.422. The van der Waals surface area contributed by atoms with Crippen molar-refractivity contribution in [3.8, 4) is 29.0 Å². The van der Waals surface area contributed by atoms with Gasteiger partial charge in [0, 0.05) is 16.7 Å². The van der Waals surface area contributed by atoms with Crippen LogP contribution in [-0.4, -0.2) is 39.0 Å². The summed E-state index contributed by atoms with van der Waals surface area (Å²) in [5, 5.41) is 8.39. The number of nitrogens with zero attached hydrogens (tertiary/aromatic N) is 5. The van der Waals surface area contributed by atoms with Crippen molar-refractivity contribution in [2.45, 2.75) is 6.92 Å². The molecule has 0 radical (unpaired) electrons. The van der Waals surface area contributed by atoms with Crippen LogP contribution in [-0.2, 0) is 0 Å². The van der Waals surface area contributed by atoms with Crippen molar-refractivity contribution in [2.24, 2.45) is 0 Å². The molecule has 0 aliphatic rings. The highest BCUT2D eigenvalue weighted by Gasteiger charge is 2.18. The van der Waals surface area contributed by atoms with E-state index >= 15 is 0 Å². The van der Waals surface area contributed by atoms with E-state index in [0.717, 1.165) is 10.2 Å². The minimum atomic E-state index is 0.422. The van der Waals surface area contributed by atoms with Crippen LogP contribution in [0.4, 0.5) is 0 Å². The Hall–Kier alpha value is -2.48. The summed E-state index contributed by atoms with van der Waals surface area (Å²) >= 11 is 3.38. The Morgan fingerprint density at radius 3 is 2.52 bits per heavy atom. The molecule has 0 bridgehead atoms. The fourth-order valence-corrected chi connectivity index (χ4v) is 2.41. The van der Waals surface area contributed by atoms with E-state index in [4.69, 9.17) is 9.47 Å². The topological polar surface area (TPSA) is 75.0 Å². The third-order valence-corrected chi connectivity index (χ3v) is 3.71. The van der Waals surface area contributed by atoms with Crippen LogP contribution in [0.1, 0.15) is 5.82 Å². The van der Waals surface area contributed by atoms with Gasteiger partial charge >= 0.3 is 0 Å². The fraction of sp³-hybridized carbons (Fsp3) is 0.200. The average Bonchev–Trinajstić information content (AvgIpc) is 2.96. The molecule has 0 saturated heterocycles. The molecular formula is C15H14BrN5O2. The number of aryl methyl sites for hydroxylation is 1. The number of halogens is 1. The van der Waals surface area contributed by atoms with E-state index in [0.29, 0.717) is 29.1 Å². The van der Waals surface area contributed by atoms with Crippen molar-refractivity contribution in [3.63, 3.8) is 0 Å². The minimum Gasteiger partial charge on any atom is -0.481 e. The van der Waals surface area contributed by atoms with Gasteiger partial charge in [-0.2, -0.15) is 4.98 Å². The summed E-state index contributed by atoms with van der Waals surface area (Å²) in [5.74, 6) is 2.21. The van der Waals surface area contributed by atoms with Crippen LogP contribution in [0.15, 0.2) is 34.9 Å². The Bertz CT molecular complexity index is 832. The first-order valence-corrected chi connectivity index (χ1v) is 7.56. The van der Waals surface area contributed by atoms with Crippen LogP contribution in [0.3, 0.4) is 0 Å². The summed E-state index contributed by atoms with van der Waals surface area (Å²) in [4.78, 5) is 8.69. The fourth-order valence-electron chi connectivity index (χ4n) is 2.17. The Kier molecular flexibility index (Phi) is 4.24. The van der Waals surface area contributed by atoms with E-state index in [-0.39, 0.29) is 0 Å². The number of rotatable bonds is 4. The molecule has 0 N–H and O–H groups in total. The van der Waals surface area contributed by atoms with Gasteiger partial charge in [0.25, 0.3) is 0 Å². The predicted molar refractivity (Wildman–Crippen MR) is 87.9 cm³/mol. The van der Waals surface area contributed by atoms with Crippen molar-refractivity contribution >= 4 is 15.9 Å². The van der Waals surface area contributed by atoms with Crippen molar-refractivity contribution in [2.75, 3.05) is 14.2 Å². The first-order valence-electron chi connectivity index (χ1n) is 6.77. The molecular weight excluding hydrogens is 362 g/mol. The van der Waals surface area contributed by atoms with Gasteiger partial charge in [-0.3, -0.25) is 9.55 Å². The molecule has 3 aromatic heterocycles. The number of hydrogen-bond acceptors (Lipinski definition) is 6. The number of aromatic nitrogens is 5. The van der Waals surface area contributed by atoms with Gasteiger partial charge in [0.15, 0.2) is 5.82 Å². The highest BCUT2D eigenvalue weighted by Crippen LogP contribution is 2.29. The summed E-state index contributed by atoms with van der Waals surface area (Å²) in [5.41, 5.74) is 1.42. The zero-order valence-corrected chi connectivity index (χ0v) is 14.4. The monoisotopic (exact) mass is 375 g/mol. The highest BCUT2D eigenvalue weighted by molar-refractivity contribution is 9.10. The third-order valence-electron chi connectivity index (χ3n) is 3.24. The predicted octanol–water partition coefficient (Wildman–Crippen LogP) is 2.81. The quantitative estimate of drug-likeness (QED) is 0.697. The van der Waals surface area contributed by atoms with Crippen LogP contribution in [0, 0.1) is 6.92 Å². The number of methoxy groups -OCH3 is 2. The van der Waals surface area contributed by atoms with Gasteiger partial charge in [0.1, 0.15) is 17.2 Å². The maximum absolute atomic E-state index is 5.38. The van der Waals surface area contributed by atoms with Crippen molar-refractivity contribution in [1.29, 1.82) is 0 Å². The molecule has 0 atom stereocenters. The number of hydrogen-bond donors (Lipinski definition) is 0. The normalized spacial score (nSPS) is 10.6. The molecule has 0 saturated carbocycles. The molecule has 0 unspecified atom stereocenters. The lowest BCUT2D eigenvalue weighted by molar-refractivity contribution is 0.363. The van der Waals surface area contributed by atoms with Gasteiger partial charge in [0.2, 0.25) is 11.8 Å². The van der Waals surface area contributed by atoms with Crippen molar-refractivity contribution in [3.05, 3.63) is 40.8 Å². The van der Waals surface area contributed by atoms with Crippen LogP contribution in [0.5, 0.6) is 11.8 Å². The summed E-state index contributed by atoms with van der Waals surface area (Å²) in [6.45, 7) is 1.86. The molecule has 0 amide bonds. The van der Waals surface area contributed by atoms with Gasteiger partial charge in [-0.25, -0.2) is 0 Å². The smallest absolute Gasteiger partial charge is 0.241 e. The third kappa shape index (κ3) is 2.89. The van der Waals surface area contributed by atoms with Gasteiger partial charge in [-0.1, -0.05) is 0 Å². The van der Waals surface area contributed by atoms with Gasteiger partial charge in [-0.05, 0) is 41.1 Å². The molecule has 3 rings (SSSR count). The Labute approximate surface area is 141 Å². The first-order chi connectivity index (χ1) is 11.1. The second kappa shape index (κ2) is 6.33. The lowest BCUT2D eigenvalue weighted by Gasteiger charge is -2.12. The molecule has 0 aromatic carbocycles. The SMILES string of the molecule is COc1ccc(-n2c(C)nnc2-c2ccc(Br)cn2)c(OC)n1. The average molecular weight is 376 g/mol. The van der Waals surface area contributed by atoms with Crippen LogP contribution in [0.25, 0.3) is 17.2 Å². The second-order valence-corrected chi connectivity index (χ2v) is 5.57. The zero-order chi connectivity index (χ0) is 16.4. The zero-order valence-electron chi connectivity index (χ0n) is 12.8. The lowest BCUT2D eigenvalue weighted by Crippen LogP contribution is -2.05. The molecule has 0 fully saturated rings. The molecule has 3 aromatic rings. The second-order valence-electron chi connectivity index (χ2n) is 4.65. The molecule has 0 aliphatic heterocycles. The van der Waals surface area contributed by atoms with Gasteiger partial charge in [0.05, 0.1) is 14.2 Å². The van der Waals surface area contributed by atoms with Crippen LogP contribution < -0.4 is 9.47 Å². The van der Waals surface area contributed by atoms with E-state index in [2.05, 4.69) is 36.1 Å². The van der Waals surface area contributed by atoms with E-state index < -0.39 is 0 Å². The van der Waals surface area contributed by atoms with Gasteiger partial charge in [-0.15, -0.1) is 10.2 Å². The van der Waals surface area contributed by atoms with Crippen molar-refractivity contribution < 1.29 is 9.47 Å². The maximum atomic E-state index is 5.38. The van der Waals surface area contributed by atoms with E-state index in [1.54, 1.807) is 26.5 Å². The Morgan fingerprint density at radius 1 is 1.04 bits per heavy atom. The van der Waals surface area contributed by atoms with E-state index in [1.165, 1.54) is 0 Å². The lowest BCUT2D eigenvalue weighted by atomic mass is 10.3. The van der Waals surface area contributed by atoms with Crippen LogP contribution >= 0.6 is 15.9 Å². The standard InChI is InChI=1S/C15H14BrN5O2/c1-9-19-20-14(11-5-4-10(16)8-17-11)21(9)12-6-7-13(22-2)18-15(12)23-3/h4-8H,1-3H3. The molecule has 8 heteroatoms. The summed E-state index contributed by atoms with van der Waals surface area (Å²) in [6, 6.07) is 7.38. The van der Waals surface area contributed by atoms with Gasteiger partial charge < -0.3 is 9.47 Å². The van der Waals surface area contributed by atoms with Crippen LogP contribution in [0.2, 0.25) is 0 Å². The number of ether oxygens (including phenoxy) is 2. The Morgan fingerprint density at radius 2 is 1.87 bits per heavy atom. The molecule has 7 nitrogen and oxygen atoms in total. The molecule has 3 heterocycles. The Balaban J connectivity index is 2.17. The van der Waals surface area contributed by atoms with E-state index in [1.807, 2.05) is 29.7 Å². The number of pyridine rings is 2. The molecule has 118 valence electrons. The summed E-state index contributed by atoms with van der Waals surface area (Å²) in [6.07, 6.45) is 1.72. The van der Waals surface area contributed by atoms with E-state index in [9.17, 15) is 0 Å². The molecule has 0 aliphatic carbocycles. The summed E-state index contributed by atoms with van der Waals surface area (Å²) < 4.78 is 13.3. The maximum Gasteiger partial charge on any atom is 0.241 e. The van der Waals surface area contributed by atoms with Crippen molar-refractivity contribution in [1.82, 2.24) is 24.7 Å². The molecule has 23 heavy (non-hydrogen) atoms. The largest absolute Gasteiger partial charge is 0.481 e. The molecule has 0 spiro atoms. The first kappa shape index (κ1) is 15.4. The highest BCUT2D eigenvalue weighted by atomic mass is 79.9. The summed E-state index contributed by atoms with van der Waals surface area (Å²) in [7, 11) is 3.12.